The van der Waals surface area contributed by atoms with Crippen LogP contribution in [0.5, 0.6) is 0 Å². The standard InChI is InChI=1S/C23H18ClN3O3S/c1-13-10-15(14(2)27(13)17-8-9-19(24)18(12-17)22(29)30)11-20-21(28)26-23(31-20)25-16-6-4-3-5-7-16/h3-12H,1-2H3,(H,29,30)(H,25,26,28)/b20-11-. The highest BCUT2D eigenvalue weighted by molar-refractivity contribution is 8.18. The summed E-state index contributed by atoms with van der Waals surface area (Å²) in [7, 11) is 0. The van der Waals surface area contributed by atoms with Crippen LogP contribution in [0.1, 0.15) is 27.3 Å². The number of aromatic nitrogens is 1. The third kappa shape index (κ3) is 4.28. The van der Waals surface area contributed by atoms with Crippen molar-refractivity contribution >= 4 is 52.2 Å². The number of para-hydroxylation sites is 1. The summed E-state index contributed by atoms with van der Waals surface area (Å²) in [6, 6.07) is 16.3. The predicted octanol–water partition coefficient (Wildman–Crippen LogP) is 5.34. The molecule has 1 saturated heterocycles. The first-order valence-corrected chi connectivity index (χ1v) is 10.6. The van der Waals surface area contributed by atoms with E-state index < -0.39 is 5.97 Å². The van der Waals surface area contributed by atoms with Crippen molar-refractivity contribution in [2.75, 3.05) is 0 Å². The van der Waals surface area contributed by atoms with Crippen LogP contribution in [0.25, 0.3) is 11.8 Å². The van der Waals surface area contributed by atoms with Crippen LogP contribution in [0, 0.1) is 13.8 Å². The first-order valence-electron chi connectivity index (χ1n) is 9.40. The monoisotopic (exact) mass is 451 g/mol. The first kappa shape index (κ1) is 21.0. The lowest BCUT2D eigenvalue weighted by Crippen LogP contribution is -2.19. The number of amides is 1. The van der Waals surface area contributed by atoms with Crippen molar-refractivity contribution in [2.24, 2.45) is 4.99 Å². The minimum atomic E-state index is -1.08. The number of nitrogens with one attached hydrogen (secondary N) is 1. The molecule has 0 radical (unpaired) electrons. The van der Waals surface area contributed by atoms with Crippen molar-refractivity contribution in [3.05, 3.63) is 87.0 Å². The molecule has 2 aromatic carbocycles. The Bertz CT molecular complexity index is 1260. The van der Waals surface area contributed by atoms with Gasteiger partial charge in [-0.25, -0.2) is 9.79 Å². The molecule has 0 spiro atoms. The molecule has 1 aromatic heterocycles. The molecule has 0 bridgehead atoms. The van der Waals surface area contributed by atoms with E-state index in [2.05, 4.69) is 10.3 Å². The van der Waals surface area contributed by atoms with E-state index >= 15 is 0 Å². The van der Waals surface area contributed by atoms with Crippen molar-refractivity contribution in [1.29, 1.82) is 0 Å². The summed E-state index contributed by atoms with van der Waals surface area (Å²) in [5, 5.41) is 12.9. The Morgan fingerprint density at radius 1 is 1.16 bits per heavy atom. The summed E-state index contributed by atoms with van der Waals surface area (Å²) in [5.41, 5.74) is 4.15. The lowest BCUT2D eigenvalue weighted by Gasteiger charge is -2.11. The number of nitrogens with zero attached hydrogens (tertiary/aromatic N) is 2. The highest BCUT2D eigenvalue weighted by Gasteiger charge is 2.24. The number of carboxylic acids is 1. The van der Waals surface area contributed by atoms with Gasteiger partial charge in [-0.1, -0.05) is 29.8 Å². The molecule has 0 unspecified atom stereocenters. The van der Waals surface area contributed by atoms with Crippen LogP contribution in [-0.2, 0) is 4.79 Å². The molecule has 3 aromatic rings. The molecule has 8 heteroatoms. The van der Waals surface area contributed by atoms with Gasteiger partial charge < -0.3 is 15.0 Å². The lowest BCUT2D eigenvalue weighted by atomic mass is 10.2. The second-order valence-electron chi connectivity index (χ2n) is 6.95. The zero-order chi connectivity index (χ0) is 22.1. The van der Waals surface area contributed by atoms with Crippen LogP contribution in [-0.4, -0.2) is 26.7 Å². The first-order chi connectivity index (χ1) is 14.8. The number of hydrogen-bond acceptors (Lipinski definition) is 4. The molecule has 31 heavy (non-hydrogen) atoms. The number of amidine groups is 1. The van der Waals surface area contributed by atoms with Gasteiger partial charge in [0.05, 0.1) is 21.2 Å². The molecular weight excluding hydrogens is 434 g/mol. The van der Waals surface area contributed by atoms with Crippen molar-refractivity contribution in [3.63, 3.8) is 0 Å². The number of aryl methyl sites for hydroxylation is 1. The Labute approximate surface area is 188 Å². The number of carboxylic acid groups (broad SMARTS) is 1. The summed E-state index contributed by atoms with van der Waals surface area (Å²) >= 11 is 7.29. The fraction of sp³-hybridized carbons (Fsp3) is 0.0870. The molecule has 1 amide bonds. The maximum atomic E-state index is 12.4. The van der Waals surface area contributed by atoms with Gasteiger partial charge in [-0.3, -0.25) is 4.79 Å². The van der Waals surface area contributed by atoms with Gasteiger partial charge in [0.2, 0.25) is 0 Å². The molecule has 0 atom stereocenters. The largest absolute Gasteiger partial charge is 0.478 e. The summed E-state index contributed by atoms with van der Waals surface area (Å²) in [6.45, 7) is 3.85. The van der Waals surface area contributed by atoms with E-state index in [0.29, 0.717) is 15.8 Å². The molecule has 1 aliphatic heterocycles. The third-order valence-electron chi connectivity index (χ3n) is 4.83. The van der Waals surface area contributed by atoms with Crippen molar-refractivity contribution < 1.29 is 14.7 Å². The number of thioether (sulfide) groups is 1. The van der Waals surface area contributed by atoms with E-state index in [1.807, 2.05) is 60.9 Å². The molecule has 2 heterocycles. The fourth-order valence-corrected chi connectivity index (χ4v) is 4.42. The van der Waals surface area contributed by atoms with Gasteiger partial charge in [-0.05, 0) is 73.6 Å². The quantitative estimate of drug-likeness (QED) is 0.524. The minimum absolute atomic E-state index is 0.0408. The Balaban J connectivity index is 1.67. The van der Waals surface area contributed by atoms with E-state index in [1.165, 1.54) is 11.8 Å². The Morgan fingerprint density at radius 3 is 2.61 bits per heavy atom. The van der Waals surface area contributed by atoms with Crippen molar-refractivity contribution in [2.45, 2.75) is 13.8 Å². The van der Waals surface area contributed by atoms with Gasteiger partial charge >= 0.3 is 5.97 Å². The maximum Gasteiger partial charge on any atom is 0.337 e. The van der Waals surface area contributed by atoms with Gasteiger partial charge in [-0.2, -0.15) is 0 Å². The molecule has 1 aliphatic rings. The minimum Gasteiger partial charge on any atom is -0.478 e. The summed E-state index contributed by atoms with van der Waals surface area (Å²) < 4.78 is 1.94. The maximum absolute atomic E-state index is 12.4. The Morgan fingerprint density at radius 2 is 1.90 bits per heavy atom. The lowest BCUT2D eigenvalue weighted by molar-refractivity contribution is -0.115. The third-order valence-corrected chi connectivity index (χ3v) is 6.07. The predicted molar refractivity (Wildman–Crippen MR) is 124 cm³/mol. The van der Waals surface area contributed by atoms with E-state index in [4.69, 9.17) is 11.6 Å². The normalized spacial score (nSPS) is 16.2. The van der Waals surface area contributed by atoms with Crippen LogP contribution in [0.2, 0.25) is 5.02 Å². The van der Waals surface area contributed by atoms with E-state index in [-0.39, 0.29) is 16.5 Å². The Hall–Kier alpha value is -3.29. The van der Waals surface area contributed by atoms with Gasteiger partial charge in [0.1, 0.15) is 0 Å². The van der Waals surface area contributed by atoms with Crippen LogP contribution in [0.15, 0.2) is 64.5 Å². The molecule has 6 nitrogen and oxygen atoms in total. The van der Waals surface area contributed by atoms with Gasteiger partial charge in [0, 0.05) is 17.1 Å². The summed E-state index contributed by atoms with van der Waals surface area (Å²) in [6.07, 6.45) is 1.82. The highest BCUT2D eigenvalue weighted by atomic mass is 35.5. The zero-order valence-electron chi connectivity index (χ0n) is 16.7. The number of hydrogen-bond donors (Lipinski definition) is 2. The number of halogens is 1. The fourth-order valence-electron chi connectivity index (χ4n) is 3.39. The number of carbonyl (C=O) groups is 2. The van der Waals surface area contributed by atoms with E-state index in [9.17, 15) is 14.7 Å². The van der Waals surface area contributed by atoms with Crippen molar-refractivity contribution in [1.82, 2.24) is 9.88 Å². The number of aromatic carboxylic acids is 1. The summed E-state index contributed by atoms with van der Waals surface area (Å²) in [5.74, 6) is -1.29. The van der Waals surface area contributed by atoms with Gasteiger partial charge in [0.15, 0.2) is 5.17 Å². The van der Waals surface area contributed by atoms with Crippen molar-refractivity contribution in [3.8, 4) is 5.69 Å². The van der Waals surface area contributed by atoms with Crippen LogP contribution in [0.4, 0.5) is 5.69 Å². The van der Waals surface area contributed by atoms with Crippen LogP contribution in [0.3, 0.4) is 0 Å². The van der Waals surface area contributed by atoms with E-state index in [0.717, 1.165) is 22.6 Å². The molecule has 0 saturated carbocycles. The highest BCUT2D eigenvalue weighted by Crippen LogP contribution is 2.31. The molecule has 0 aliphatic carbocycles. The van der Waals surface area contributed by atoms with Gasteiger partial charge in [0.25, 0.3) is 5.91 Å². The Kier molecular flexibility index (Phi) is 5.71. The second kappa shape index (κ2) is 8.45. The number of carbonyl (C=O) groups excluding carboxylic acids is 1. The molecule has 156 valence electrons. The number of rotatable bonds is 4. The molecule has 2 N–H and O–H groups in total. The van der Waals surface area contributed by atoms with Crippen LogP contribution >= 0.6 is 23.4 Å². The van der Waals surface area contributed by atoms with Crippen LogP contribution < -0.4 is 5.32 Å². The SMILES string of the molecule is Cc1cc(/C=C2\SC(=Nc3ccccc3)NC2=O)c(C)n1-c1ccc(Cl)c(C(=O)O)c1. The summed E-state index contributed by atoms with van der Waals surface area (Å²) in [4.78, 5) is 28.9. The van der Waals surface area contributed by atoms with Gasteiger partial charge in [-0.15, -0.1) is 0 Å². The molecule has 4 rings (SSSR count). The second-order valence-corrected chi connectivity index (χ2v) is 8.39. The van der Waals surface area contributed by atoms with E-state index in [1.54, 1.807) is 18.2 Å². The molecular formula is C23H18ClN3O3S. The topological polar surface area (TPSA) is 83.7 Å². The number of aliphatic imine (C=N–C) groups is 1. The average Bonchev–Trinajstić information content (AvgIpc) is 3.21. The average molecular weight is 452 g/mol. The number of benzene rings is 2. The zero-order valence-corrected chi connectivity index (χ0v) is 18.3. The smallest absolute Gasteiger partial charge is 0.337 e. The molecule has 1 fully saturated rings.